The zero-order valence-corrected chi connectivity index (χ0v) is 7.03. The molecule has 0 fully saturated rings. The second-order valence-electron chi connectivity index (χ2n) is 2.55. The maximum Gasteiger partial charge on any atom is 0.115 e. The average molecular weight is 166 g/mol. The van der Waals surface area contributed by atoms with Gasteiger partial charge in [0.05, 0.1) is 18.1 Å². The Labute approximate surface area is 72.2 Å². The molecule has 1 aromatic heterocycles. The number of unbranched alkanes of at least 4 members (excludes halogenated alkanes) is 1. The highest BCUT2D eigenvalue weighted by Gasteiger charge is 1.89. The van der Waals surface area contributed by atoms with Crippen LogP contribution in [0.3, 0.4) is 0 Å². The maximum atomic E-state index is 5.36. The van der Waals surface area contributed by atoms with Gasteiger partial charge in [-0.1, -0.05) is 0 Å². The molecule has 12 heavy (non-hydrogen) atoms. The Morgan fingerprint density at radius 3 is 2.67 bits per heavy atom. The summed E-state index contributed by atoms with van der Waals surface area (Å²) in [6.07, 6.45) is 7.18. The van der Waals surface area contributed by atoms with Crippen LogP contribution >= 0.6 is 0 Å². The predicted molar refractivity (Wildman–Crippen MR) is 48.8 cm³/mol. The molecule has 3 N–H and O–H groups in total. The molecule has 0 saturated heterocycles. The summed E-state index contributed by atoms with van der Waals surface area (Å²) in [4.78, 5) is 7.77. The van der Waals surface area contributed by atoms with E-state index < -0.39 is 0 Å². The first-order valence-corrected chi connectivity index (χ1v) is 4.12. The highest BCUT2D eigenvalue weighted by molar-refractivity contribution is 5.36. The van der Waals surface area contributed by atoms with Gasteiger partial charge in [-0.2, -0.15) is 0 Å². The number of nitrogens with zero attached hydrogens (tertiary/aromatic N) is 2. The minimum Gasteiger partial charge on any atom is -0.383 e. The van der Waals surface area contributed by atoms with Crippen molar-refractivity contribution in [3.63, 3.8) is 0 Å². The summed E-state index contributed by atoms with van der Waals surface area (Å²) in [5.41, 5.74) is 6.32. The predicted octanol–water partition coefficient (Wildman–Crippen LogP) is 0.627. The van der Waals surface area contributed by atoms with Gasteiger partial charge in [0.15, 0.2) is 0 Å². The number of aromatic nitrogens is 2. The van der Waals surface area contributed by atoms with Crippen molar-refractivity contribution >= 4 is 5.69 Å². The van der Waals surface area contributed by atoms with Gasteiger partial charge in [0.1, 0.15) is 6.33 Å². The number of hydrogen-bond acceptors (Lipinski definition) is 4. The summed E-state index contributed by atoms with van der Waals surface area (Å²) in [7, 11) is 0. The fourth-order valence-corrected chi connectivity index (χ4v) is 0.892. The van der Waals surface area contributed by atoms with E-state index in [9.17, 15) is 0 Å². The molecule has 0 aliphatic rings. The third-order valence-corrected chi connectivity index (χ3v) is 1.52. The van der Waals surface area contributed by atoms with Gasteiger partial charge in [0, 0.05) is 6.54 Å². The van der Waals surface area contributed by atoms with E-state index in [1.54, 1.807) is 12.4 Å². The largest absolute Gasteiger partial charge is 0.383 e. The molecule has 4 nitrogen and oxygen atoms in total. The van der Waals surface area contributed by atoms with Crippen LogP contribution in [0.1, 0.15) is 12.8 Å². The number of rotatable bonds is 5. The number of nitrogens with two attached hydrogens (primary N) is 1. The number of hydrogen-bond donors (Lipinski definition) is 2. The molecule has 1 aromatic rings. The molecule has 0 spiro atoms. The van der Waals surface area contributed by atoms with Gasteiger partial charge in [0.25, 0.3) is 0 Å². The Balaban J connectivity index is 2.16. The fraction of sp³-hybridized carbons (Fsp3) is 0.500. The SMILES string of the molecule is NCCCCNc1cncnc1. The third-order valence-electron chi connectivity index (χ3n) is 1.52. The summed E-state index contributed by atoms with van der Waals surface area (Å²) in [5.74, 6) is 0. The van der Waals surface area contributed by atoms with Crippen LogP contribution in [0.2, 0.25) is 0 Å². The van der Waals surface area contributed by atoms with Crippen molar-refractivity contribution in [2.24, 2.45) is 5.73 Å². The first-order chi connectivity index (χ1) is 5.93. The maximum absolute atomic E-state index is 5.36. The van der Waals surface area contributed by atoms with E-state index in [4.69, 9.17) is 5.73 Å². The fourth-order valence-electron chi connectivity index (χ4n) is 0.892. The van der Waals surface area contributed by atoms with E-state index in [2.05, 4.69) is 15.3 Å². The van der Waals surface area contributed by atoms with Crippen LogP contribution in [0, 0.1) is 0 Å². The van der Waals surface area contributed by atoms with Crippen LogP contribution in [0.5, 0.6) is 0 Å². The molecule has 0 amide bonds. The van der Waals surface area contributed by atoms with Gasteiger partial charge >= 0.3 is 0 Å². The first kappa shape index (κ1) is 8.93. The summed E-state index contributed by atoms with van der Waals surface area (Å²) < 4.78 is 0. The monoisotopic (exact) mass is 166 g/mol. The minimum absolute atomic E-state index is 0.757. The zero-order valence-electron chi connectivity index (χ0n) is 7.03. The molecule has 0 aliphatic heterocycles. The molecule has 0 aliphatic carbocycles. The van der Waals surface area contributed by atoms with Crippen LogP contribution in [-0.2, 0) is 0 Å². The molecule has 0 aromatic carbocycles. The Morgan fingerprint density at radius 2 is 2.00 bits per heavy atom. The van der Waals surface area contributed by atoms with Gasteiger partial charge in [-0.15, -0.1) is 0 Å². The molecule has 4 heteroatoms. The van der Waals surface area contributed by atoms with E-state index >= 15 is 0 Å². The van der Waals surface area contributed by atoms with Crippen LogP contribution in [0.25, 0.3) is 0 Å². The van der Waals surface area contributed by atoms with Crippen LogP contribution in [0.15, 0.2) is 18.7 Å². The second kappa shape index (κ2) is 5.49. The zero-order chi connectivity index (χ0) is 8.65. The van der Waals surface area contributed by atoms with E-state index in [-0.39, 0.29) is 0 Å². The van der Waals surface area contributed by atoms with Crippen LogP contribution in [0.4, 0.5) is 5.69 Å². The van der Waals surface area contributed by atoms with Crippen molar-refractivity contribution < 1.29 is 0 Å². The lowest BCUT2D eigenvalue weighted by Gasteiger charge is -2.03. The molecule has 1 heterocycles. The van der Waals surface area contributed by atoms with Crippen molar-refractivity contribution in [1.29, 1.82) is 0 Å². The van der Waals surface area contributed by atoms with E-state index in [1.807, 2.05) is 0 Å². The quantitative estimate of drug-likeness (QED) is 0.630. The minimum atomic E-state index is 0.757. The average Bonchev–Trinajstić information content (AvgIpc) is 2.14. The summed E-state index contributed by atoms with van der Waals surface area (Å²) >= 11 is 0. The lowest BCUT2D eigenvalue weighted by atomic mass is 10.3. The first-order valence-electron chi connectivity index (χ1n) is 4.12. The number of nitrogens with one attached hydrogen (secondary N) is 1. The van der Waals surface area contributed by atoms with Gasteiger partial charge in [0.2, 0.25) is 0 Å². The third kappa shape index (κ3) is 3.30. The Bertz CT molecular complexity index is 199. The Morgan fingerprint density at radius 1 is 1.25 bits per heavy atom. The highest BCUT2D eigenvalue weighted by Crippen LogP contribution is 2.00. The molecule has 0 saturated carbocycles. The van der Waals surface area contributed by atoms with Crippen LogP contribution < -0.4 is 11.1 Å². The van der Waals surface area contributed by atoms with E-state index in [0.29, 0.717) is 0 Å². The van der Waals surface area contributed by atoms with Crippen molar-refractivity contribution in [2.75, 3.05) is 18.4 Å². The molecular weight excluding hydrogens is 152 g/mol. The Kier molecular flexibility index (Phi) is 4.08. The topological polar surface area (TPSA) is 63.8 Å². The Hall–Kier alpha value is -1.16. The highest BCUT2D eigenvalue weighted by atomic mass is 14.9. The second-order valence-corrected chi connectivity index (χ2v) is 2.55. The lowest BCUT2D eigenvalue weighted by molar-refractivity contribution is 0.773. The van der Waals surface area contributed by atoms with Crippen molar-refractivity contribution in [2.45, 2.75) is 12.8 Å². The van der Waals surface area contributed by atoms with E-state index in [1.165, 1.54) is 6.33 Å². The molecular formula is C8H14N4. The van der Waals surface area contributed by atoms with E-state index in [0.717, 1.165) is 31.6 Å². The van der Waals surface area contributed by atoms with Crippen molar-refractivity contribution in [1.82, 2.24) is 9.97 Å². The number of anilines is 1. The molecule has 0 radical (unpaired) electrons. The summed E-state index contributed by atoms with van der Waals surface area (Å²) in [6.45, 7) is 1.69. The van der Waals surface area contributed by atoms with Gasteiger partial charge < -0.3 is 11.1 Å². The normalized spacial score (nSPS) is 9.75. The van der Waals surface area contributed by atoms with Crippen molar-refractivity contribution in [3.8, 4) is 0 Å². The van der Waals surface area contributed by atoms with Crippen LogP contribution in [-0.4, -0.2) is 23.1 Å². The smallest absolute Gasteiger partial charge is 0.115 e. The molecule has 0 bridgehead atoms. The lowest BCUT2D eigenvalue weighted by Crippen LogP contribution is -2.05. The van der Waals surface area contributed by atoms with Crippen molar-refractivity contribution in [3.05, 3.63) is 18.7 Å². The molecule has 66 valence electrons. The van der Waals surface area contributed by atoms with Gasteiger partial charge in [-0.3, -0.25) is 0 Å². The summed E-state index contributed by atoms with van der Waals surface area (Å²) in [6, 6.07) is 0. The summed E-state index contributed by atoms with van der Waals surface area (Å²) in [5, 5.41) is 3.20. The van der Waals surface area contributed by atoms with Gasteiger partial charge in [-0.25, -0.2) is 9.97 Å². The standard InChI is InChI=1S/C8H14N4/c9-3-1-2-4-12-8-5-10-7-11-6-8/h5-7,12H,1-4,9H2. The molecule has 0 atom stereocenters. The van der Waals surface area contributed by atoms with Gasteiger partial charge in [-0.05, 0) is 19.4 Å². The molecule has 0 unspecified atom stereocenters. The molecule has 1 rings (SSSR count).